The second-order valence-electron chi connectivity index (χ2n) is 11.1. The number of hydrogen-bond acceptors (Lipinski definition) is 9. The summed E-state index contributed by atoms with van der Waals surface area (Å²) in [5, 5.41) is 31.9. The van der Waals surface area contributed by atoms with E-state index < -0.39 is 11.4 Å². The summed E-state index contributed by atoms with van der Waals surface area (Å²) in [6.45, 7) is 17.3. The van der Waals surface area contributed by atoms with Gasteiger partial charge in [-0.2, -0.15) is 0 Å². The van der Waals surface area contributed by atoms with Crippen LogP contribution in [0.15, 0.2) is 24.3 Å². The number of carbonyl (C=O) groups is 1. The molecule has 0 aliphatic rings. The molecule has 3 heterocycles. The number of anilines is 1. The Morgan fingerprint density at radius 1 is 0.659 bits per heavy atom. The zero-order chi connectivity index (χ0) is 30.8. The fourth-order valence-corrected chi connectivity index (χ4v) is 3.20. The minimum absolute atomic E-state index is 0. The SMILES string of the molecule is CC(C)(C)C(=O)O.CC(C)(C)c1cc(Cl)nnc1Cl.CC(C)(C)c1cc(N)nnc1Cl.Clc1ccc(Cl)nn1.N.O. The van der Waals surface area contributed by atoms with E-state index in [1.165, 1.54) is 0 Å². The first kappa shape index (κ1) is 43.3. The molecule has 0 atom stereocenters. The summed E-state index contributed by atoms with van der Waals surface area (Å²) in [7, 11) is 0. The number of hydrogen-bond donors (Lipinski definition) is 3. The van der Waals surface area contributed by atoms with Crippen LogP contribution in [0.5, 0.6) is 0 Å². The number of rotatable bonds is 0. The Morgan fingerprint density at radius 3 is 1.24 bits per heavy atom. The summed E-state index contributed by atoms with van der Waals surface area (Å²) >= 11 is 28.1. The van der Waals surface area contributed by atoms with Crippen molar-refractivity contribution in [2.45, 2.75) is 73.1 Å². The third kappa shape index (κ3) is 18.1. The van der Waals surface area contributed by atoms with Crippen LogP contribution in [0.25, 0.3) is 0 Å². The van der Waals surface area contributed by atoms with Crippen molar-refractivity contribution in [1.82, 2.24) is 36.7 Å². The minimum Gasteiger partial charge on any atom is -0.481 e. The Kier molecular flexibility index (Phi) is 19.5. The van der Waals surface area contributed by atoms with Gasteiger partial charge < -0.3 is 22.5 Å². The molecule has 3 aromatic heterocycles. The van der Waals surface area contributed by atoms with E-state index in [-0.39, 0.29) is 22.5 Å². The number of carboxylic acids is 1. The maximum atomic E-state index is 10.0. The first-order valence-electron chi connectivity index (χ1n) is 11.4. The zero-order valence-corrected chi connectivity index (χ0v) is 28.3. The number of nitrogen functional groups attached to an aromatic ring is 1. The van der Waals surface area contributed by atoms with E-state index >= 15 is 0 Å². The highest BCUT2D eigenvalue weighted by atomic mass is 35.5. The van der Waals surface area contributed by atoms with Crippen LogP contribution in [0.2, 0.25) is 25.8 Å². The second-order valence-corrected chi connectivity index (χ2v) is 13.0. The van der Waals surface area contributed by atoms with Crippen molar-refractivity contribution in [2.75, 3.05) is 5.73 Å². The van der Waals surface area contributed by atoms with Gasteiger partial charge in [-0.15, -0.1) is 30.6 Å². The fourth-order valence-electron chi connectivity index (χ4n) is 2.10. The van der Waals surface area contributed by atoms with Crippen LogP contribution in [0, 0.1) is 5.41 Å². The molecule has 16 heteroatoms. The van der Waals surface area contributed by atoms with Crippen LogP contribution in [0.1, 0.15) is 73.4 Å². The van der Waals surface area contributed by atoms with Crippen LogP contribution in [0.4, 0.5) is 5.82 Å². The van der Waals surface area contributed by atoms with Crippen molar-refractivity contribution in [3.8, 4) is 0 Å². The Morgan fingerprint density at radius 2 is 0.976 bits per heavy atom. The molecule has 0 saturated heterocycles. The molecule has 0 spiro atoms. The van der Waals surface area contributed by atoms with Gasteiger partial charge in [0.2, 0.25) is 0 Å². The first-order valence-corrected chi connectivity index (χ1v) is 13.3. The van der Waals surface area contributed by atoms with E-state index in [0.29, 0.717) is 31.6 Å². The highest BCUT2D eigenvalue weighted by Crippen LogP contribution is 2.29. The first-order chi connectivity index (χ1) is 17.6. The zero-order valence-electron chi connectivity index (χ0n) is 24.5. The number of carboxylic acid groups (broad SMARTS) is 1. The van der Waals surface area contributed by atoms with Gasteiger partial charge in [0.15, 0.2) is 25.8 Å². The average molecular weight is 677 g/mol. The Labute approximate surface area is 266 Å². The summed E-state index contributed by atoms with van der Waals surface area (Å²) in [6.07, 6.45) is 0. The lowest BCUT2D eigenvalue weighted by molar-refractivity contribution is -0.145. The van der Waals surface area contributed by atoms with E-state index in [2.05, 4.69) is 51.4 Å². The molecule has 8 N–H and O–H groups in total. The van der Waals surface area contributed by atoms with Crippen molar-refractivity contribution < 1.29 is 15.4 Å². The second kappa shape index (κ2) is 18.4. The predicted molar refractivity (Wildman–Crippen MR) is 169 cm³/mol. The van der Waals surface area contributed by atoms with Crippen molar-refractivity contribution >= 4 is 69.8 Å². The minimum atomic E-state index is -0.757. The van der Waals surface area contributed by atoms with Gasteiger partial charge >= 0.3 is 5.97 Å². The molecule has 0 aliphatic heterocycles. The number of halogens is 5. The van der Waals surface area contributed by atoms with Gasteiger partial charge in [-0.1, -0.05) is 99.5 Å². The number of aliphatic carboxylic acids is 1. The van der Waals surface area contributed by atoms with Crippen molar-refractivity contribution in [3.05, 3.63) is 61.2 Å². The number of aromatic nitrogens is 6. The van der Waals surface area contributed by atoms with Crippen molar-refractivity contribution in [3.63, 3.8) is 0 Å². The molecule has 0 aromatic carbocycles. The van der Waals surface area contributed by atoms with Gasteiger partial charge in [0, 0.05) is 5.56 Å². The Bertz CT molecular complexity index is 1130. The van der Waals surface area contributed by atoms with Crippen LogP contribution in [-0.2, 0) is 15.6 Å². The summed E-state index contributed by atoms with van der Waals surface area (Å²) in [5.74, 6) is -0.350. The maximum Gasteiger partial charge on any atom is 0.308 e. The van der Waals surface area contributed by atoms with Crippen LogP contribution >= 0.6 is 58.0 Å². The van der Waals surface area contributed by atoms with Crippen LogP contribution < -0.4 is 11.9 Å². The lowest BCUT2D eigenvalue weighted by Gasteiger charge is -2.19. The molecule has 0 fully saturated rings. The van der Waals surface area contributed by atoms with Crippen LogP contribution in [-0.4, -0.2) is 47.1 Å². The molecule has 0 radical (unpaired) electrons. The highest BCUT2D eigenvalue weighted by Gasteiger charge is 2.20. The Balaban J connectivity index is -0.000000474. The van der Waals surface area contributed by atoms with Gasteiger partial charge in [-0.05, 0) is 61.4 Å². The normalized spacial score (nSPS) is 10.6. The van der Waals surface area contributed by atoms with E-state index in [9.17, 15) is 4.79 Å². The summed E-state index contributed by atoms with van der Waals surface area (Å²) in [5.41, 5.74) is 6.67. The topological polar surface area (TPSA) is 207 Å². The molecule has 3 rings (SSSR count). The van der Waals surface area contributed by atoms with E-state index in [1.54, 1.807) is 45.0 Å². The monoisotopic (exact) mass is 674 g/mol. The molecule has 0 amide bonds. The third-order valence-electron chi connectivity index (χ3n) is 4.34. The van der Waals surface area contributed by atoms with Gasteiger partial charge in [0.25, 0.3) is 0 Å². The summed E-state index contributed by atoms with van der Waals surface area (Å²) in [4.78, 5) is 10.0. The molecule has 0 aliphatic carbocycles. The standard InChI is InChI=1S/C8H10Cl2N2.C8H12ClN3.C5H10O2.C4H2Cl2N2.H3N.H2O/c1-8(2,3)5-4-6(9)11-12-7(5)10;1-8(2,3)5-4-6(10)11-12-7(5)9;1-5(2,3)4(6)7;5-3-1-2-4(6)8-7-3;;/h4H,1-3H3;4H,1-3H3,(H2,10,11);1-3H3,(H,6,7);1-2H;1H3;1H2. The van der Waals surface area contributed by atoms with E-state index in [0.717, 1.165) is 11.1 Å². The lowest BCUT2D eigenvalue weighted by Crippen LogP contribution is -2.18. The Hall–Kier alpha value is -2.12. The fraction of sp³-hybridized carbons (Fsp3) is 0.480. The average Bonchev–Trinajstić information content (AvgIpc) is 2.78. The third-order valence-corrected chi connectivity index (χ3v) is 5.49. The molecule has 0 bridgehead atoms. The molecule has 0 saturated carbocycles. The highest BCUT2D eigenvalue weighted by molar-refractivity contribution is 6.32. The molecule has 0 unspecified atom stereocenters. The molecule has 41 heavy (non-hydrogen) atoms. The maximum absolute atomic E-state index is 10.0. The molecular weight excluding hydrogens is 638 g/mol. The van der Waals surface area contributed by atoms with E-state index in [4.69, 9.17) is 68.8 Å². The summed E-state index contributed by atoms with van der Waals surface area (Å²) < 4.78 is 0. The molecule has 11 nitrogen and oxygen atoms in total. The molecule has 3 aromatic rings. The lowest BCUT2D eigenvalue weighted by atomic mass is 9.88. The smallest absolute Gasteiger partial charge is 0.308 e. The predicted octanol–water partition coefficient (Wildman–Crippen LogP) is 7.33. The quantitative estimate of drug-likeness (QED) is 0.216. The molecule has 232 valence electrons. The largest absolute Gasteiger partial charge is 0.481 e. The van der Waals surface area contributed by atoms with Gasteiger partial charge in [0.05, 0.1) is 5.41 Å². The van der Waals surface area contributed by atoms with Gasteiger partial charge in [-0.25, -0.2) is 0 Å². The van der Waals surface area contributed by atoms with Crippen LogP contribution in [0.3, 0.4) is 0 Å². The van der Waals surface area contributed by atoms with Gasteiger partial charge in [0.1, 0.15) is 5.82 Å². The van der Waals surface area contributed by atoms with Gasteiger partial charge in [-0.3, -0.25) is 4.79 Å². The number of nitrogens with zero attached hydrogens (tertiary/aromatic N) is 6. The van der Waals surface area contributed by atoms with Crippen molar-refractivity contribution in [1.29, 1.82) is 0 Å². The van der Waals surface area contributed by atoms with Crippen molar-refractivity contribution in [2.24, 2.45) is 5.41 Å². The van der Waals surface area contributed by atoms with E-state index in [1.807, 2.05) is 20.8 Å². The summed E-state index contributed by atoms with van der Waals surface area (Å²) in [6, 6.07) is 6.67. The number of nitrogens with two attached hydrogens (primary N) is 1. The molecular formula is C25H39Cl5N8O3.